The number of carbonyl (C=O) groups excluding carboxylic acids is 1. The molecule has 1 saturated heterocycles. The van der Waals surface area contributed by atoms with Gasteiger partial charge in [-0.25, -0.2) is 0 Å². The van der Waals surface area contributed by atoms with E-state index in [2.05, 4.69) is 39.4 Å². The summed E-state index contributed by atoms with van der Waals surface area (Å²) in [5.74, 6) is 0.420. The molecule has 0 spiro atoms. The molecule has 1 fully saturated rings. The van der Waals surface area contributed by atoms with Gasteiger partial charge >= 0.3 is 0 Å². The Hall–Kier alpha value is -2.80. The van der Waals surface area contributed by atoms with Gasteiger partial charge < -0.3 is 5.32 Å². The van der Waals surface area contributed by atoms with Crippen molar-refractivity contribution in [3.63, 3.8) is 0 Å². The van der Waals surface area contributed by atoms with E-state index < -0.39 is 0 Å². The molecule has 1 amide bonds. The quantitative estimate of drug-likeness (QED) is 0.781. The third-order valence-electron chi connectivity index (χ3n) is 4.56. The molecular formula is C19H22N6O. The molecule has 0 bridgehead atoms. The molecule has 0 unspecified atom stereocenters. The Morgan fingerprint density at radius 1 is 1.19 bits per heavy atom. The topological polar surface area (TPSA) is 75.9 Å². The number of hydrogen-bond donors (Lipinski definition) is 1. The number of aryl methyl sites for hydroxylation is 1. The van der Waals surface area contributed by atoms with Crippen LogP contribution in [0.2, 0.25) is 0 Å². The lowest BCUT2D eigenvalue weighted by molar-refractivity contribution is -0.120. The number of nitrogens with zero attached hydrogens (tertiary/aromatic N) is 5. The van der Waals surface area contributed by atoms with Gasteiger partial charge in [-0.05, 0) is 29.2 Å². The van der Waals surface area contributed by atoms with Crippen LogP contribution in [0.5, 0.6) is 0 Å². The molecule has 3 aromatic rings. The van der Waals surface area contributed by atoms with E-state index in [0.29, 0.717) is 17.8 Å². The predicted molar refractivity (Wildman–Crippen MR) is 101 cm³/mol. The summed E-state index contributed by atoms with van der Waals surface area (Å²) in [6.45, 7) is 6.68. The average Bonchev–Trinajstić information content (AvgIpc) is 2.99. The minimum absolute atomic E-state index is 0.0578. The largest absolute Gasteiger partial charge is 0.308 e. The number of hydrogen-bond acceptors (Lipinski definition) is 5. The van der Waals surface area contributed by atoms with Crippen molar-refractivity contribution < 1.29 is 4.79 Å². The van der Waals surface area contributed by atoms with Crippen LogP contribution in [0.25, 0.3) is 22.0 Å². The molecule has 1 aliphatic rings. The van der Waals surface area contributed by atoms with E-state index in [1.807, 2.05) is 43.7 Å². The summed E-state index contributed by atoms with van der Waals surface area (Å²) in [7, 11) is 1.89. The molecule has 7 heteroatoms. The highest BCUT2D eigenvalue weighted by molar-refractivity contribution is 5.93. The van der Waals surface area contributed by atoms with Crippen LogP contribution in [0.1, 0.15) is 13.8 Å². The maximum Gasteiger partial charge on any atom is 0.239 e. The second kappa shape index (κ2) is 6.17. The van der Waals surface area contributed by atoms with Crippen LogP contribution >= 0.6 is 0 Å². The molecule has 4 rings (SSSR count). The monoisotopic (exact) mass is 350 g/mol. The maximum absolute atomic E-state index is 12.2. The lowest BCUT2D eigenvalue weighted by atomic mass is 9.84. The smallest absolute Gasteiger partial charge is 0.239 e. The summed E-state index contributed by atoms with van der Waals surface area (Å²) < 4.78 is 1.77. The van der Waals surface area contributed by atoms with Crippen LogP contribution < -0.4 is 5.32 Å². The zero-order chi connectivity index (χ0) is 18.3. The van der Waals surface area contributed by atoms with E-state index in [-0.39, 0.29) is 5.91 Å². The first-order valence-electron chi connectivity index (χ1n) is 8.67. The highest BCUT2D eigenvalue weighted by Gasteiger charge is 2.34. The Morgan fingerprint density at radius 2 is 2.00 bits per heavy atom. The van der Waals surface area contributed by atoms with E-state index in [1.165, 1.54) is 0 Å². The standard InChI is InChI=1S/C19H22N6O/c1-19(2)11-25(12-19)10-18(26)21-17-7-14-6-13(4-5-16(14)22-23-17)15-8-20-24(3)9-15/h4-9H,10-12H2,1-3H3,(H,21,23,26). The number of nitrogens with one attached hydrogen (secondary N) is 1. The number of benzene rings is 1. The molecule has 0 aliphatic carbocycles. The molecule has 0 atom stereocenters. The van der Waals surface area contributed by atoms with Gasteiger partial charge in [-0.1, -0.05) is 19.9 Å². The van der Waals surface area contributed by atoms with Crippen molar-refractivity contribution in [2.24, 2.45) is 12.5 Å². The van der Waals surface area contributed by atoms with Gasteiger partial charge in [0.25, 0.3) is 0 Å². The van der Waals surface area contributed by atoms with Gasteiger partial charge in [0.1, 0.15) is 0 Å². The Kier molecular flexibility index (Phi) is 3.96. The molecule has 7 nitrogen and oxygen atoms in total. The van der Waals surface area contributed by atoms with Gasteiger partial charge in [0.05, 0.1) is 18.3 Å². The molecule has 2 aromatic heterocycles. The van der Waals surface area contributed by atoms with E-state index in [4.69, 9.17) is 0 Å². The van der Waals surface area contributed by atoms with Gasteiger partial charge in [-0.2, -0.15) is 5.10 Å². The van der Waals surface area contributed by atoms with Crippen molar-refractivity contribution >= 4 is 22.6 Å². The third-order valence-corrected chi connectivity index (χ3v) is 4.56. The predicted octanol–water partition coefficient (Wildman–Crippen LogP) is 2.31. The number of amides is 1. The minimum Gasteiger partial charge on any atom is -0.308 e. The van der Waals surface area contributed by atoms with Crippen molar-refractivity contribution in [2.45, 2.75) is 13.8 Å². The van der Waals surface area contributed by atoms with E-state index in [0.717, 1.165) is 35.1 Å². The fourth-order valence-electron chi connectivity index (χ4n) is 3.52. The Labute approximate surface area is 152 Å². The SMILES string of the molecule is Cn1cc(-c2ccc3nnc(NC(=O)CN4CC(C)(C)C4)cc3c2)cn1. The lowest BCUT2D eigenvalue weighted by Gasteiger charge is -2.45. The summed E-state index contributed by atoms with van der Waals surface area (Å²) in [6, 6.07) is 7.82. The van der Waals surface area contributed by atoms with E-state index in [1.54, 1.807) is 4.68 Å². The summed E-state index contributed by atoms with van der Waals surface area (Å²) in [5, 5.41) is 16.3. The average molecular weight is 350 g/mol. The Morgan fingerprint density at radius 3 is 2.69 bits per heavy atom. The number of fused-ring (bicyclic) bond motifs is 1. The van der Waals surface area contributed by atoms with Crippen molar-refractivity contribution in [2.75, 3.05) is 25.0 Å². The second-order valence-corrected chi connectivity index (χ2v) is 7.76. The van der Waals surface area contributed by atoms with E-state index in [9.17, 15) is 4.79 Å². The Bertz CT molecular complexity index is 969. The fraction of sp³-hybridized carbons (Fsp3) is 0.368. The number of rotatable bonds is 4. The van der Waals surface area contributed by atoms with Gasteiger partial charge in [0.15, 0.2) is 5.82 Å². The molecule has 26 heavy (non-hydrogen) atoms. The molecule has 1 aliphatic heterocycles. The van der Waals surface area contributed by atoms with Crippen LogP contribution in [-0.2, 0) is 11.8 Å². The van der Waals surface area contributed by atoms with Crippen LogP contribution in [0, 0.1) is 5.41 Å². The summed E-state index contributed by atoms with van der Waals surface area (Å²) in [6.07, 6.45) is 3.79. The normalized spacial score (nSPS) is 16.4. The third kappa shape index (κ3) is 3.43. The van der Waals surface area contributed by atoms with Crippen LogP contribution in [-0.4, -0.2) is 50.4 Å². The highest BCUT2D eigenvalue weighted by atomic mass is 16.2. The minimum atomic E-state index is -0.0578. The van der Waals surface area contributed by atoms with Crippen LogP contribution in [0.15, 0.2) is 36.7 Å². The zero-order valence-corrected chi connectivity index (χ0v) is 15.2. The van der Waals surface area contributed by atoms with Crippen LogP contribution in [0.3, 0.4) is 0 Å². The summed E-state index contributed by atoms with van der Waals surface area (Å²) in [5.41, 5.74) is 3.20. The number of carbonyl (C=O) groups is 1. The van der Waals surface area contributed by atoms with Gasteiger partial charge in [-0.3, -0.25) is 14.4 Å². The molecule has 1 N–H and O–H groups in total. The first-order valence-corrected chi connectivity index (χ1v) is 8.67. The summed E-state index contributed by atoms with van der Waals surface area (Å²) >= 11 is 0. The van der Waals surface area contributed by atoms with Gasteiger partial charge in [0, 0.05) is 37.3 Å². The first-order chi connectivity index (χ1) is 12.4. The van der Waals surface area contributed by atoms with Crippen molar-refractivity contribution in [3.8, 4) is 11.1 Å². The van der Waals surface area contributed by atoms with Crippen molar-refractivity contribution in [1.82, 2.24) is 24.9 Å². The molecule has 1 aromatic carbocycles. The fourth-order valence-corrected chi connectivity index (χ4v) is 3.52. The maximum atomic E-state index is 12.2. The lowest BCUT2D eigenvalue weighted by Crippen LogP contribution is -2.55. The number of anilines is 1. The van der Waals surface area contributed by atoms with Crippen LogP contribution in [0.4, 0.5) is 5.82 Å². The Balaban J connectivity index is 1.50. The van der Waals surface area contributed by atoms with Gasteiger partial charge in [0.2, 0.25) is 5.91 Å². The number of likely N-dealkylation sites (tertiary alicyclic amines) is 1. The molecule has 3 heterocycles. The number of aromatic nitrogens is 4. The molecule has 0 saturated carbocycles. The second-order valence-electron chi connectivity index (χ2n) is 7.76. The summed E-state index contributed by atoms with van der Waals surface area (Å²) in [4.78, 5) is 14.4. The molecule has 0 radical (unpaired) electrons. The van der Waals surface area contributed by atoms with Crippen molar-refractivity contribution in [1.29, 1.82) is 0 Å². The van der Waals surface area contributed by atoms with Gasteiger partial charge in [-0.15, -0.1) is 10.2 Å². The first kappa shape index (κ1) is 16.7. The highest BCUT2D eigenvalue weighted by Crippen LogP contribution is 2.28. The molecular weight excluding hydrogens is 328 g/mol. The molecule has 134 valence electrons. The zero-order valence-electron chi connectivity index (χ0n) is 15.2. The van der Waals surface area contributed by atoms with Crippen molar-refractivity contribution in [3.05, 3.63) is 36.7 Å². The van der Waals surface area contributed by atoms with E-state index >= 15 is 0 Å².